The van der Waals surface area contributed by atoms with Crippen LogP contribution in [0.15, 0.2) is 23.6 Å². The SMILES string of the molecule is CCCn1c(-c2scc(C)c2N)nc2cc(OC)ccc21. The molecule has 0 bridgehead atoms. The average Bonchev–Trinajstić information content (AvgIpc) is 3.00. The molecule has 2 heterocycles. The van der Waals surface area contributed by atoms with E-state index in [1.54, 1.807) is 18.4 Å². The first kappa shape index (κ1) is 13.9. The van der Waals surface area contributed by atoms with Crippen molar-refractivity contribution in [1.29, 1.82) is 0 Å². The summed E-state index contributed by atoms with van der Waals surface area (Å²) in [4.78, 5) is 5.85. The molecule has 0 aliphatic heterocycles. The van der Waals surface area contributed by atoms with Crippen molar-refractivity contribution in [2.45, 2.75) is 26.8 Å². The summed E-state index contributed by atoms with van der Waals surface area (Å²) < 4.78 is 7.54. The predicted octanol–water partition coefficient (Wildman–Crippen LogP) is 4.07. The standard InChI is InChI=1S/C16H19N3OS/c1-4-7-19-13-6-5-11(20-3)8-12(13)18-16(19)15-14(17)10(2)9-21-15/h5-6,8-9H,4,7,17H2,1-3H3. The van der Waals surface area contributed by atoms with E-state index in [0.29, 0.717) is 0 Å². The molecule has 5 heteroatoms. The normalized spacial score (nSPS) is 11.2. The van der Waals surface area contributed by atoms with Crippen LogP contribution in [0, 0.1) is 6.92 Å². The molecule has 0 spiro atoms. The van der Waals surface area contributed by atoms with Gasteiger partial charge >= 0.3 is 0 Å². The number of aromatic nitrogens is 2. The molecule has 110 valence electrons. The minimum atomic E-state index is 0.825. The summed E-state index contributed by atoms with van der Waals surface area (Å²) in [6.07, 6.45) is 1.05. The molecular formula is C16H19N3OS. The molecule has 0 aliphatic rings. The highest BCUT2D eigenvalue weighted by atomic mass is 32.1. The number of anilines is 1. The van der Waals surface area contributed by atoms with Gasteiger partial charge in [-0.2, -0.15) is 0 Å². The van der Waals surface area contributed by atoms with Crippen LogP contribution in [0.1, 0.15) is 18.9 Å². The fraction of sp³-hybridized carbons (Fsp3) is 0.312. The Morgan fingerprint density at radius 2 is 2.19 bits per heavy atom. The predicted molar refractivity (Wildman–Crippen MR) is 89.0 cm³/mol. The lowest BCUT2D eigenvalue weighted by atomic mass is 10.2. The molecule has 4 nitrogen and oxygen atoms in total. The third-order valence-electron chi connectivity index (χ3n) is 3.63. The maximum atomic E-state index is 6.21. The van der Waals surface area contributed by atoms with Gasteiger partial charge in [0.15, 0.2) is 5.82 Å². The monoisotopic (exact) mass is 301 g/mol. The van der Waals surface area contributed by atoms with Gasteiger partial charge < -0.3 is 15.0 Å². The van der Waals surface area contributed by atoms with Crippen LogP contribution in [0.2, 0.25) is 0 Å². The third-order valence-corrected chi connectivity index (χ3v) is 4.74. The number of nitrogen functional groups attached to an aromatic ring is 1. The van der Waals surface area contributed by atoms with Crippen molar-refractivity contribution in [3.8, 4) is 16.5 Å². The largest absolute Gasteiger partial charge is 0.497 e. The summed E-state index contributed by atoms with van der Waals surface area (Å²) >= 11 is 1.65. The molecule has 3 rings (SSSR count). The second-order valence-electron chi connectivity index (χ2n) is 5.10. The minimum absolute atomic E-state index is 0.825. The number of ether oxygens (including phenoxy) is 1. The first-order valence-corrected chi connectivity index (χ1v) is 7.91. The van der Waals surface area contributed by atoms with Crippen molar-refractivity contribution in [2.24, 2.45) is 0 Å². The molecule has 0 aliphatic carbocycles. The van der Waals surface area contributed by atoms with Gasteiger partial charge in [0, 0.05) is 12.6 Å². The van der Waals surface area contributed by atoms with Gasteiger partial charge in [0.05, 0.1) is 28.7 Å². The van der Waals surface area contributed by atoms with Gasteiger partial charge in [-0.15, -0.1) is 11.3 Å². The van der Waals surface area contributed by atoms with Crippen LogP contribution in [0.25, 0.3) is 21.7 Å². The number of hydrogen-bond donors (Lipinski definition) is 1. The van der Waals surface area contributed by atoms with Gasteiger partial charge in [0.1, 0.15) is 5.75 Å². The number of nitrogens with zero attached hydrogens (tertiary/aromatic N) is 2. The smallest absolute Gasteiger partial charge is 0.153 e. The number of thiophene rings is 1. The Bertz CT molecular complexity index is 788. The number of imidazole rings is 1. The summed E-state index contributed by atoms with van der Waals surface area (Å²) in [7, 11) is 1.67. The van der Waals surface area contributed by atoms with E-state index in [9.17, 15) is 0 Å². The van der Waals surface area contributed by atoms with Crippen LogP contribution in [-0.4, -0.2) is 16.7 Å². The zero-order valence-electron chi connectivity index (χ0n) is 12.5. The first-order valence-electron chi connectivity index (χ1n) is 7.04. The summed E-state index contributed by atoms with van der Waals surface area (Å²) in [6, 6.07) is 6.02. The molecule has 0 unspecified atom stereocenters. The number of nitrogens with two attached hydrogens (primary N) is 1. The van der Waals surface area contributed by atoms with E-state index in [-0.39, 0.29) is 0 Å². The molecule has 0 saturated carbocycles. The van der Waals surface area contributed by atoms with Gasteiger partial charge in [-0.1, -0.05) is 6.92 Å². The lowest BCUT2D eigenvalue weighted by Gasteiger charge is -2.07. The van der Waals surface area contributed by atoms with Gasteiger partial charge in [-0.05, 0) is 36.4 Å². The minimum Gasteiger partial charge on any atom is -0.497 e. The average molecular weight is 301 g/mol. The van der Waals surface area contributed by atoms with Crippen molar-refractivity contribution >= 4 is 28.1 Å². The zero-order valence-corrected chi connectivity index (χ0v) is 13.3. The molecule has 0 fully saturated rings. The van der Waals surface area contributed by atoms with Crippen molar-refractivity contribution in [3.63, 3.8) is 0 Å². The molecule has 0 atom stereocenters. The number of fused-ring (bicyclic) bond motifs is 1. The highest BCUT2D eigenvalue weighted by Crippen LogP contribution is 2.36. The molecule has 1 aromatic carbocycles. The first-order chi connectivity index (χ1) is 10.2. The molecule has 3 aromatic rings. The Morgan fingerprint density at radius 3 is 2.81 bits per heavy atom. The lowest BCUT2D eigenvalue weighted by Crippen LogP contribution is -2.00. The van der Waals surface area contributed by atoms with E-state index >= 15 is 0 Å². The van der Waals surface area contributed by atoms with Crippen molar-refractivity contribution in [3.05, 3.63) is 29.1 Å². The Hall–Kier alpha value is -2.01. The van der Waals surface area contributed by atoms with Crippen LogP contribution in [0.5, 0.6) is 5.75 Å². The van der Waals surface area contributed by atoms with Crippen molar-refractivity contribution in [1.82, 2.24) is 9.55 Å². The van der Waals surface area contributed by atoms with E-state index < -0.39 is 0 Å². The topological polar surface area (TPSA) is 53.1 Å². The molecule has 21 heavy (non-hydrogen) atoms. The molecule has 2 aromatic heterocycles. The second kappa shape index (κ2) is 5.41. The number of rotatable bonds is 4. The Balaban J connectivity index is 2.25. The Kier molecular flexibility index (Phi) is 3.59. The summed E-state index contributed by atoms with van der Waals surface area (Å²) in [6.45, 7) is 5.13. The Morgan fingerprint density at radius 1 is 1.38 bits per heavy atom. The fourth-order valence-electron chi connectivity index (χ4n) is 2.49. The molecule has 0 radical (unpaired) electrons. The maximum absolute atomic E-state index is 6.21. The zero-order chi connectivity index (χ0) is 15.0. The molecular weight excluding hydrogens is 282 g/mol. The van der Waals surface area contributed by atoms with Gasteiger partial charge in [-0.25, -0.2) is 4.98 Å². The maximum Gasteiger partial charge on any atom is 0.153 e. The number of methoxy groups -OCH3 is 1. The Labute approximate surface area is 128 Å². The van der Waals surface area contributed by atoms with Gasteiger partial charge in [0.25, 0.3) is 0 Å². The quantitative estimate of drug-likeness (QED) is 0.790. The van der Waals surface area contributed by atoms with E-state index in [4.69, 9.17) is 15.5 Å². The van der Waals surface area contributed by atoms with E-state index in [0.717, 1.165) is 51.7 Å². The molecule has 2 N–H and O–H groups in total. The second-order valence-corrected chi connectivity index (χ2v) is 5.98. The number of benzene rings is 1. The third kappa shape index (κ3) is 2.27. The molecule has 0 saturated heterocycles. The van der Waals surface area contributed by atoms with E-state index in [2.05, 4.69) is 22.9 Å². The van der Waals surface area contributed by atoms with Crippen LogP contribution >= 0.6 is 11.3 Å². The number of hydrogen-bond acceptors (Lipinski definition) is 4. The summed E-state index contributed by atoms with van der Waals surface area (Å²) in [5, 5.41) is 2.08. The summed E-state index contributed by atoms with van der Waals surface area (Å²) in [5.74, 6) is 1.78. The highest BCUT2D eigenvalue weighted by Gasteiger charge is 2.17. The lowest BCUT2D eigenvalue weighted by molar-refractivity contribution is 0.415. The van der Waals surface area contributed by atoms with Crippen LogP contribution < -0.4 is 10.5 Å². The summed E-state index contributed by atoms with van der Waals surface area (Å²) in [5.41, 5.74) is 10.2. The van der Waals surface area contributed by atoms with E-state index in [1.165, 1.54) is 0 Å². The van der Waals surface area contributed by atoms with Crippen LogP contribution in [-0.2, 0) is 6.54 Å². The van der Waals surface area contributed by atoms with Gasteiger partial charge in [0.2, 0.25) is 0 Å². The molecule has 0 amide bonds. The van der Waals surface area contributed by atoms with Crippen LogP contribution in [0.4, 0.5) is 5.69 Å². The number of aryl methyl sites for hydroxylation is 2. The fourth-order valence-corrected chi connectivity index (χ4v) is 3.46. The van der Waals surface area contributed by atoms with E-state index in [1.807, 2.05) is 19.1 Å². The van der Waals surface area contributed by atoms with Gasteiger partial charge in [-0.3, -0.25) is 0 Å². The van der Waals surface area contributed by atoms with Crippen molar-refractivity contribution < 1.29 is 4.74 Å². The van der Waals surface area contributed by atoms with Crippen LogP contribution in [0.3, 0.4) is 0 Å². The van der Waals surface area contributed by atoms with Crippen molar-refractivity contribution in [2.75, 3.05) is 12.8 Å². The highest BCUT2D eigenvalue weighted by molar-refractivity contribution is 7.14.